The molecule has 0 radical (unpaired) electrons. The van der Waals surface area contributed by atoms with Gasteiger partial charge < -0.3 is 15.0 Å². The number of hydrogen-bond donors (Lipinski definition) is 1. The highest BCUT2D eigenvalue weighted by molar-refractivity contribution is 5.30. The minimum Gasteiger partial charge on any atom is -0.487 e. The summed E-state index contributed by atoms with van der Waals surface area (Å²) in [6.45, 7) is 2.65. The first kappa shape index (κ1) is 14.2. The van der Waals surface area contributed by atoms with E-state index in [1.807, 2.05) is 6.92 Å². The van der Waals surface area contributed by atoms with Crippen LogP contribution in [0.15, 0.2) is 30.5 Å². The number of anilines is 1. The van der Waals surface area contributed by atoms with E-state index in [2.05, 4.69) is 4.98 Å². The van der Waals surface area contributed by atoms with Crippen molar-refractivity contribution in [2.45, 2.75) is 26.3 Å². The summed E-state index contributed by atoms with van der Waals surface area (Å²) in [7, 11) is 0. The third-order valence-electron chi connectivity index (χ3n) is 2.75. The molecular weight excluding hydrogens is 271 g/mol. The van der Waals surface area contributed by atoms with E-state index in [0.29, 0.717) is 18.2 Å². The Balaban J connectivity index is 2.07. The van der Waals surface area contributed by atoms with Gasteiger partial charge in [-0.25, -0.2) is 4.98 Å². The maximum absolute atomic E-state index is 12.5. The van der Waals surface area contributed by atoms with Crippen LogP contribution in [-0.4, -0.2) is 9.55 Å². The van der Waals surface area contributed by atoms with Crippen LogP contribution in [0.1, 0.15) is 18.2 Å². The van der Waals surface area contributed by atoms with Crippen molar-refractivity contribution < 1.29 is 17.9 Å². The lowest BCUT2D eigenvalue weighted by Gasteiger charge is -2.09. The number of nitrogen functional groups attached to an aromatic ring is 1. The third-order valence-corrected chi connectivity index (χ3v) is 2.75. The lowest BCUT2D eigenvalue weighted by atomic mass is 10.2. The highest BCUT2D eigenvalue weighted by Crippen LogP contribution is 2.31. The topological polar surface area (TPSA) is 53.1 Å². The van der Waals surface area contributed by atoms with E-state index in [1.54, 1.807) is 10.8 Å². The van der Waals surface area contributed by atoms with Gasteiger partial charge in [-0.3, -0.25) is 0 Å². The molecule has 0 saturated heterocycles. The number of ether oxygens (including phenoxy) is 1. The number of halogens is 3. The molecular formula is C13H14F3N3O. The van der Waals surface area contributed by atoms with Gasteiger partial charge in [0, 0.05) is 12.7 Å². The summed E-state index contributed by atoms with van der Waals surface area (Å²) < 4.78 is 44.7. The van der Waals surface area contributed by atoms with E-state index in [9.17, 15) is 13.2 Å². The number of hydrogen-bond acceptors (Lipinski definition) is 3. The van der Waals surface area contributed by atoms with Crippen molar-refractivity contribution in [2.75, 3.05) is 5.73 Å². The zero-order valence-electron chi connectivity index (χ0n) is 10.8. The zero-order chi connectivity index (χ0) is 14.8. The Labute approximate surface area is 114 Å². The number of imidazole rings is 1. The molecule has 0 fully saturated rings. The van der Waals surface area contributed by atoms with Crippen molar-refractivity contribution in [3.05, 3.63) is 41.7 Å². The van der Waals surface area contributed by atoms with Gasteiger partial charge in [0.15, 0.2) is 5.95 Å². The molecule has 4 nitrogen and oxygen atoms in total. The number of nitrogens with zero attached hydrogens (tertiary/aromatic N) is 2. The average Bonchev–Trinajstić information content (AvgIpc) is 2.76. The van der Waals surface area contributed by atoms with Gasteiger partial charge in [-0.05, 0) is 25.1 Å². The Hall–Kier alpha value is -2.18. The molecule has 2 rings (SSSR count). The van der Waals surface area contributed by atoms with Crippen molar-refractivity contribution >= 4 is 5.95 Å². The van der Waals surface area contributed by atoms with Crippen LogP contribution in [0.5, 0.6) is 5.75 Å². The Kier molecular flexibility index (Phi) is 3.87. The molecule has 20 heavy (non-hydrogen) atoms. The van der Waals surface area contributed by atoms with Gasteiger partial charge in [0.2, 0.25) is 0 Å². The maximum Gasteiger partial charge on any atom is 0.416 e. The minimum atomic E-state index is -4.38. The molecule has 0 bridgehead atoms. The fourth-order valence-corrected chi connectivity index (χ4v) is 1.73. The first-order valence-electron chi connectivity index (χ1n) is 6.01. The first-order chi connectivity index (χ1) is 9.40. The van der Waals surface area contributed by atoms with Crippen molar-refractivity contribution in [3.8, 4) is 5.75 Å². The van der Waals surface area contributed by atoms with Gasteiger partial charge in [0.05, 0.1) is 11.3 Å². The van der Waals surface area contributed by atoms with E-state index in [-0.39, 0.29) is 12.4 Å². The van der Waals surface area contributed by atoms with Gasteiger partial charge in [0.1, 0.15) is 12.4 Å². The molecule has 0 saturated carbocycles. The lowest BCUT2D eigenvalue weighted by Crippen LogP contribution is -2.05. The summed E-state index contributed by atoms with van der Waals surface area (Å²) in [6, 6.07) is 4.73. The fraction of sp³-hybridized carbons (Fsp3) is 0.308. The Bertz CT molecular complexity index is 593. The molecule has 0 spiro atoms. The Morgan fingerprint density at radius 1 is 1.35 bits per heavy atom. The van der Waals surface area contributed by atoms with Crippen molar-refractivity contribution in [1.82, 2.24) is 9.55 Å². The van der Waals surface area contributed by atoms with Crippen LogP contribution in [-0.2, 0) is 19.3 Å². The summed E-state index contributed by atoms with van der Waals surface area (Å²) in [6.07, 6.45) is -2.67. The molecule has 1 aromatic carbocycles. The molecule has 0 atom stereocenters. The predicted octanol–water partition coefficient (Wildman–Crippen LogP) is 3.08. The van der Waals surface area contributed by atoms with Gasteiger partial charge >= 0.3 is 6.18 Å². The van der Waals surface area contributed by atoms with E-state index in [0.717, 1.165) is 12.1 Å². The van der Waals surface area contributed by atoms with E-state index >= 15 is 0 Å². The summed E-state index contributed by atoms with van der Waals surface area (Å²) in [5.41, 5.74) is 5.48. The monoisotopic (exact) mass is 285 g/mol. The van der Waals surface area contributed by atoms with Crippen molar-refractivity contribution in [1.29, 1.82) is 0 Å². The standard InChI is InChI=1S/C13H14F3N3O/c1-2-19-7-10(18-12(19)17)8-20-11-5-3-4-9(6-11)13(14,15)16/h3-7H,2,8H2,1H3,(H2,17,18). The number of aryl methyl sites for hydroxylation is 1. The average molecular weight is 285 g/mol. The van der Waals surface area contributed by atoms with Crippen LogP contribution in [0.4, 0.5) is 19.1 Å². The second-order valence-electron chi connectivity index (χ2n) is 4.19. The summed E-state index contributed by atoms with van der Waals surface area (Å²) in [4.78, 5) is 4.06. The number of rotatable bonds is 4. The first-order valence-corrected chi connectivity index (χ1v) is 6.01. The zero-order valence-corrected chi connectivity index (χ0v) is 10.8. The van der Waals surface area contributed by atoms with Crippen LogP contribution in [0, 0.1) is 0 Å². The van der Waals surface area contributed by atoms with Gasteiger partial charge in [-0.1, -0.05) is 6.07 Å². The number of alkyl halides is 3. The van der Waals surface area contributed by atoms with Crippen LogP contribution < -0.4 is 10.5 Å². The Morgan fingerprint density at radius 2 is 2.10 bits per heavy atom. The second-order valence-corrected chi connectivity index (χ2v) is 4.19. The molecule has 2 N–H and O–H groups in total. The fourth-order valence-electron chi connectivity index (χ4n) is 1.73. The van der Waals surface area contributed by atoms with E-state index in [4.69, 9.17) is 10.5 Å². The summed E-state index contributed by atoms with van der Waals surface area (Å²) in [5, 5.41) is 0. The molecule has 2 aromatic rings. The quantitative estimate of drug-likeness (QED) is 0.939. The van der Waals surface area contributed by atoms with Crippen LogP contribution in [0.25, 0.3) is 0 Å². The molecule has 7 heteroatoms. The molecule has 0 aliphatic carbocycles. The molecule has 108 valence electrons. The number of nitrogens with two attached hydrogens (primary N) is 1. The SMILES string of the molecule is CCn1cc(COc2cccc(C(F)(F)F)c2)nc1N. The Morgan fingerprint density at radius 3 is 2.70 bits per heavy atom. The third kappa shape index (κ3) is 3.23. The van der Waals surface area contributed by atoms with Crippen LogP contribution in [0.2, 0.25) is 0 Å². The molecule has 0 unspecified atom stereocenters. The van der Waals surface area contributed by atoms with Crippen LogP contribution in [0.3, 0.4) is 0 Å². The molecule has 0 amide bonds. The number of aromatic nitrogens is 2. The molecule has 1 aromatic heterocycles. The molecule has 0 aliphatic heterocycles. The van der Waals surface area contributed by atoms with E-state index < -0.39 is 11.7 Å². The largest absolute Gasteiger partial charge is 0.487 e. The van der Waals surface area contributed by atoms with Gasteiger partial charge in [-0.15, -0.1) is 0 Å². The summed E-state index contributed by atoms with van der Waals surface area (Å²) in [5.74, 6) is 0.500. The molecule has 1 heterocycles. The van der Waals surface area contributed by atoms with Crippen molar-refractivity contribution in [2.24, 2.45) is 0 Å². The second kappa shape index (κ2) is 5.44. The maximum atomic E-state index is 12.5. The predicted molar refractivity (Wildman–Crippen MR) is 68.1 cm³/mol. The lowest BCUT2D eigenvalue weighted by molar-refractivity contribution is -0.137. The van der Waals surface area contributed by atoms with E-state index in [1.165, 1.54) is 12.1 Å². The van der Waals surface area contributed by atoms with Gasteiger partial charge in [-0.2, -0.15) is 13.2 Å². The van der Waals surface area contributed by atoms with Crippen molar-refractivity contribution in [3.63, 3.8) is 0 Å². The highest BCUT2D eigenvalue weighted by Gasteiger charge is 2.30. The normalized spacial score (nSPS) is 11.6. The van der Waals surface area contributed by atoms with Crippen LogP contribution >= 0.6 is 0 Å². The van der Waals surface area contributed by atoms with Gasteiger partial charge in [0.25, 0.3) is 0 Å². The summed E-state index contributed by atoms with van der Waals surface area (Å²) >= 11 is 0. The highest BCUT2D eigenvalue weighted by atomic mass is 19.4. The number of benzene rings is 1. The molecule has 0 aliphatic rings. The minimum absolute atomic E-state index is 0.0680. The smallest absolute Gasteiger partial charge is 0.416 e.